The van der Waals surface area contributed by atoms with Crippen molar-refractivity contribution in [1.82, 2.24) is 0 Å². The third-order valence-corrected chi connectivity index (χ3v) is 0.408. The average molecular weight is 196 g/mol. The number of ether oxygens (including phenoxy) is 1. The second-order valence-electron chi connectivity index (χ2n) is 1.29. The van der Waals surface area contributed by atoms with E-state index in [1.165, 1.54) is 0 Å². The molecule has 0 aromatic heterocycles. The minimum absolute atomic E-state index is 0. The van der Waals surface area contributed by atoms with E-state index in [2.05, 4.69) is 0 Å². The molecule has 0 unspecified atom stereocenters. The Morgan fingerprint density at radius 2 is 1.45 bits per heavy atom. The van der Waals surface area contributed by atoms with Crippen LogP contribution >= 0.6 is 7.82 Å². The molecule has 0 aromatic carbocycles. The van der Waals surface area contributed by atoms with Gasteiger partial charge in [-0.15, -0.1) is 0 Å². The molecule has 0 radical (unpaired) electrons. The van der Waals surface area contributed by atoms with Gasteiger partial charge in [0.25, 0.3) is 0 Å². The molecule has 5 nitrogen and oxygen atoms in total. The molecule has 0 saturated carbocycles. The first-order chi connectivity index (χ1) is 4.41. The van der Waals surface area contributed by atoms with Crippen LogP contribution in [0.3, 0.4) is 0 Å². The van der Waals surface area contributed by atoms with Crippen molar-refractivity contribution in [1.29, 1.82) is 0 Å². The van der Waals surface area contributed by atoms with Crippen molar-refractivity contribution in [2.75, 3.05) is 13.2 Å². The minimum Gasteiger partial charge on any atom is -1.00 e. The maximum absolute atomic E-state index is 8.88. The van der Waals surface area contributed by atoms with E-state index in [0.717, 1.165) is 13.2 Å². The van der Waals surface area contributed by atoms with Gasteiger partial charge in [-0.1, -0.05) is 0 Å². The molecule has 0 aromatic rings. The van der Waals surface area contributed by atoms with Crippen molar-refractivity contribution < 1.29 is 55.0 Å². The molecule has 0 atom stereocenters. The summed E-state index contributed by atoms with van der Waals surface area (Å²) in [6, 6.07) is 0. The molecule has 0 rings (SSSR count). The summed E-state index contributed by atoms with van der Waals surface area (Å²) in [5, 5.41) is 0. The van der Waals surface area contributed by atoms with Crippen LogP contribution < -0.4 is 29.6 Å². The summed E-state index contributed by atoms with van der Waals surface area (Å²) >= 11 is 0. The van der Waals surface area contributed by atoms with Gasteiger partial charge in [-0.25, -0.2) is 4.57 Å². The largest absolute Gasteiger partial charge is 1.00 e. The van der Waals surface area contributed by atoms with Gasteiger partial charge in [0.05, 0.1) is 0 Å². The van der Waals surface area contributed by atoms with Crippen molar-refractivity contribution in [3.63, 3.8) is 0 Å². The molecule has 0 saturated heterocycles. The zero-order chi connectivity index (χ0) is 8.62. The fourth-order valence-electron chi connectivity index (χ4n) is 0.204. The molecule has 0 bridgehead atoms. The molecule has 11 heavy (non-hydrogen) atoms. The average Bonchev–Trinajstić information content (AvgIpc) is 1.63. The van der Waals surface area contributed by atoms with Crippen molar-refractivity contribution in [3.05, 3.63) is 0 Å². The third-order valence-electron chi connectivity index (χ3n) is 0.408. The third kappa shape index (κ3) is 96.6. The van der Waals surface area contributed by atoms with E-state index in [0.29, 0.717) is 0 Å². The van der Waals surface area contributed by atoms with Gasteiger partial charge in [0, 0.05) is 13.2 Å². The zero-order valence-electron chi connectivity index (χ0n) is 8.02. The van der Waals surface area contributed by atoms with Gasteiger partial charge in [-0.2, -0.15) is 0 Å². The van der Waals surface area contributed by atoms with Crippen LogP contribution in [0.5, 0.6) is 0 Å². The van der Waals surface area contributed by atoms with E-state index in [1.54, 1.807) is 0 Å². The Hall–Kier alpha value is 1.07. The second-order valence-corrected chi connectivity index (χ2v) is 2.32. The number of phosphoric acid groups is 1. The van der Waals surface area contributed by atoms with Gasteiger partial charge in [0.2, 0.25) is 0 Å². The topological polar surface area (TPSA) is 87.0 Å². The number of hydrogen-bond acceptors (Lipinski definition) is 2. The zero-order valence-corrected chi connectivity index (χ0v) is 9.91. The molecule has 0 aliphatic heterocycles. The molecule has 7 heteroatoms. The molecular formula is C4H14NaO5P. The predicted octanol–water partition coefficient (Wildman–Crippen LogP) is -2.77. The van der Waals surface area contributed by atoms with Gasteiger partial charge in [-0.05, 0) is 13.8 Å². The predicted molar refractivity (Wildman–Crippen MR) is 37.5 cm³/mol. The molecular weight excluding hydrogens is 182 g/mol. The van der Waals surface area contributed by atoms with Crippen LogP contribution in [0.4, 0.5) is 0 Å². The maximum atomic E-state index is 8.88. The van der Waals surface area contributed by atoms with Crippen LogP contribution in [0.25, 0.3) is 0 Å². The Kier molecular flexibility index (Phi) is 18.1. The minimum atomic E-state index is -4.64. The Bertz CT molecular complexity index is 97.4. The molecule has 0 heterocycles. The fourth-order valence-corrected chi connectivity index (χ4v) is 0.204. The van der Waals surface area contributed by atoms with E-state index in [-0.39, 0.29) is 31.0 Å². The van der Waals surface area contributed by atoms with Crippen LogP contribution in [0.2, 0.25) is 0 Å². The maximum Gasteiger partial charge on any atom is 1.00 e. The van der Waals surface area contributed by atoms with Crippen LogP contribution in [-0.4, -0.2) is 27.9 Å². The van der Waals surface area contributed by atoms with Crippen LogP contribution in [-0.2, 0) is 9.30 Å². The first kappa shape index (κ1) is 18.0. The number of hydrogen-bond donors (Lipinski definition) is 3. The Labute approximate surface area is 89.8 Å². The first-order valence-electron chi connectivity index (χ1n) is 2.77. The van der Waals surface area contributed by atoms with Crippen molar-refractivity contribution in [2.45, 2.75) is 13.8 Å². The van der Waals surface area contributed by atoms with Gasteiger partial charge in [-0.3, -0.25) is 0 Å². The summed E-state index contributed by atoms with van der Waals surface area (Å²) in [6.45, 7) is 5.67. The second kappa shape index (κ2) is 11.1. The Morgan fingerprint density at radius 1 is 1.27 bits per heavy atom. The summed E-state index contributed by atoms with van der Waals surface area (Å²) in [5.41, 5.74) is 0. The Balaban J connectivity index is -0.0000000457. The Morgan fingerprint density at radius 3 is 1.45 bits per heavy atom. The van der Waals surface area contributed by atoms with Crippen molar-refractivity contribution in [2.24, 2.45) is 0 Å². The quantitative estimate of drug-likeness (QED) is 0.329. The summed E-state index contributed by atoms with van der Waals surface area (Å²) in [5.74, 6) is 0. The van der Waals surface area contributed by atoms with E-state index >= 15 is 0 Å². The summed E-state index contributed by atoms with van der Waals surface area (Å²) < 4.78 is 13.7. The van der Waals surface area contributed by atoms with E-state index < -0.39 is 7.82 Å². The van der Waals surface area contributed by atoms with Crippen molar-refractivity contribution >= 4 is 7.82 Å². The SMILES string of the molecule is CCOCC.O=P(O)(O)O.[H-].[Na+]. The van der Waals surface area contributed by atoms with Gasteiger partial charge < -0.3 is 20.8 Å². The fraction of sp³-hybridized carbons (Fsp3) is 1.00. The van der Waals surface area contributed by atoms with E-state index in [4.69, 9.17) is 24.0 Å². The normalized spacial score (nSPS) is 9.18. The molecule has 3 N–H and O–H groups in total. The smallest absolute Gasteiger partial charge is 1.00 e. The molecule has 0 amide bonds. The van der Waals surface area contributed by atoms with Gasteiger partial charge in [0.15, 0.2) is 0 Å². The molecule has 0 fully saturated rings. The molecule has 66 valence electrons. The van der Waals surface area contributed by atoms with E-state index in [1.807, 2.05) is 13.8 Å². The molecule has 0 aliphatic rings. The summed E-state index contributed by atoms with van der Waals surface area (Å²) in [7, 11) is -4.64. The first-order valence-corrected chi connectivity index (χ1v) is 4.34. The van der Waals surface area contributed by atoms with Gasteiger partial charge in [0.1, 0.15) is 0 Å². The summed E-state index contributed by atoms with van der Waals surface area (Å²) in [6.07, 6.45) is 0. The van der Waals surface area contributed by atoms with E-state index in [9.17, 15) is 0 Å². The molecule has 0 aliphatic carbocycles. The van der Waals surface area contributed by atoms with Crippen LogP contribution in [0.15, 0.2) is 0 Å². The van der Waals surface area contributed by atoms with Crippen LogP contribution in [0, 0.1) is 0 Å². The van der Waals surface area contributed by atoms with Gasteiger partial charge >= 0.3 is 37.4 Å². The molecule has 0 spiro atoms. The summed E-state index contributed by atoms with van der Waals surface area (Å²) in [4.78, 5) is 21.6. The standard InChI is InChI=1S/C4H10O.Na.H3O4P.H/c1-3-5-4-2;;1-5(2,3)4;/h3-4H2,1-2H3;;(H3,1,2,3,4);/q;+1;;-1. The van der Waals surface area contributed by atoms with Crippen LogP contribution in [0.1, 0.15) is 15.3 Å². The monoisotopic (exact) mass is 196 g/mol. The van der Waals surface area contributed by atoms with Crippen molar-refractivity contribution in [3.8, 4) is 0 Å². The number of rotatable bonds is 2.